The minimum absolute atomic E-state index is 0.368. The largest absolute Gasteiger partial charge is 0.360 e. The Bertz CT molecular complexity index is 1040. The fourth-order valence-electron chi connectivity index (χ4n) is 2.68. The molecule has 0 saturated carbocycles. The highest BCUT2D eigenvalue weighted by molar-refractivity contribution is 5.82. The first-order valence-corrected chi connectivity index (χ1v) is 6.62. The van der Waals surface area contributed by atoms with Crippen molar-refractivity contribution in [1.82, 2.24) is 24.1 Å². The van der Waals surface area contributed by atoms with Crippen LogP contribution in [0.25, 0.3) is 27.8 Å². The highest BCUT2D eigenvalue weighted by Crippen LogP contribution is 2.26. The summed E-state index contributed by atoms with van der Waals surface area (Å²) in [6.45, 7) is 1.99. The lowest BCUT2D eigenvalue weighted by Crippen LogP contribution is -2.14. The fraction of sp³-hybridized carbons (Fsp3) is 0.133. The molecule has 0 radical (unpaired) electrons. The number of H-pyrrole nitrogens is 1. The SMILES string of the molecule is Cc1cc(-c2cnc3c(ccn3C)c2)n2[nH]c(=O)ncc12. The molecule has 0 aliphatic heterocycles. The van der Waals surface area contributed by atoms with Crippen LogP contribution in [0.5, 0.6) is 0 Å². The molecule has 6 heteroatoms. The molecule has 0 spiro atoms. The summed E-state index contributed by atoms with van der Waals surface area (Å²) in [4.78, 5) is 19.8. The molecule has 4 aromatic heterocycles. The van der Waals surface area contributed by atoms with E-state index in [9.17, 15) is 4.79 Å². The van der Waals surface area contributed by atoms with Crippen LogP contribution < -0.4 is 5.69 Å². The maximum Gasteiger partial charge on any atom is 0.360 e. The average molecular weight is 279 g/mol. The van der Waals surface area contributed by atoms with Gasteiger partial charge in [0.25, 0.3) is 0 Å². The first-order chi connectivity index (χ1) is 10.1. The third-order valence-corrected chi connectivity index (χ3v) is 3.75. The zero-order valence-electron chi connectivity index (χ0n) is 11.7. The second-order valence-electron chi connectivity index (χ2n) is 5.17. The van der Waals surface area contributed by atoms with E-state index in [1.807, 2.05) is 43.1 Å². The maximum atomic E-state index is 11.5. The Kier molecular flexibility index (Phi) is 2.29. The van der Waals surface area contributed by atoms with Crippen molar-refractivity contribution < 1.29 is 0 Å². The van der Waals surface area contributed by atoms with Gasteiger partial charge in [-0.05, 0) is 30.7 Å². The molecular weight excluding hydrogens is 266 g/mol. The highest BCUT2D eigenvalue weighted by atomic mass is 16.1. The minimum Gasteiger partial charge on any atom is -0.336 e. The Labute approximate surface area is 119 Å². The number of aromatic amines is 1. The van der Waals surface area contributed by atoms with E-state index in [2.05, 4.69) is 21.1 Å². The minimum atomic E-state index is -0.368. The molecule has 0 atom stereocenters. The van der Waals surface area contributed by atoms with Crippen molar-refractivity contribution in [3.63, 3.8) is 0 Å². The van der Waals surface area contributed by atoms with Gasteiger partial charge in [0.15, 0.2) is 0 Å². The molecule has 0 unspecified atom stereocenters. The van der Waals surface area contributed by atoms with Gasteiger partial charge in [-0.1, -0.05) is 0 Å². The zero-order valence-corrected chi connectivity index (χ0v) is 11.7. The van der Waals surface area contributed by atoms with E-state index in [0.29, 0.717) is 0 Å². The van der Waals surface area contributed by atoms with E-state index in [0.717, 1.165) is 33.4 Å². The lowest BCUT2D eigenvalue weighted by molar-refractivity contribution is 0.864. The first-order valence-electron chi connectivity index (χ1n) is 6.62. The van der Waals surface area contributed by atoms with Crippen LogP contribution in [0, 0.1) is 6.92 Å². The summed E-state index contributed by atoms with van der Waals surface area (Å²) < 4.78 is 3.74. The Morgan fingerprint density at radius 3 is 2.90 bits per heavy atom. The number of rotatable bonds is 1. The number of aromatic nitrogens is 5. The summed E-state index contributed by atoms with van der Waals surface area (Å²) in [5, 5.41) is 3.82. The first kappa shape index (κ1) is 11.9. The number of hydrogen-bond acceptors (Lipinski definition) is 3. The molecule has 4 heterocycles. The Morgan fingerprint density at radius 2 is 2.05 bits per heavy atom. The molecule has 4 aromatic rings. The number of fused-ring (bicyclic) bond motifs is 2. The number of hydrogen-bond donors (Lipinski definition) is 1. The number of nitrogens with one attached hydrogen (secondary N) is 1. The quantitative estimate of drug-likeness (QED) is 0.578. The van der Waals surface area contributed by atoms with Crippen LogP contribution in [0.3, 0.4) is 0 Å². The Balaban J connectivity index is 2.03. The molecule has 104 valence electrons. The average Bonchev–Trinajstić information content (AvgIpc) is 3.00. The van der Waals surface area contributed by atoms with Gasteiger partial charge in [0.2, 0.25) is 0 Å². The second-order valence-corrected chi connectivity index (χ2v) is 5.17. The van der Waals surface area contributed by atoms with Gasteiger partial charge in [-0.15, -0.1) is 0 Å². The van der Waals surface area contributed by atoms with Crippen molar-refractivity contribution in [2.75, 3.05) is 0 Å². The van der Waals surface area contributed by atoms with Crippen LogP contribution in [0.15, 0.2) is 41.6 Å². The standard InChI is InChI=1S/C15H13N5O/c1-9-5-12(20-13(9)8-17-15(21)18-20)11-6-10-3-4-19(2)14(10)16-7-11/h3-8H,1-2H3,(H,18,21). The third kappa shape index (κ3) is 1.69. The fourth-order valence-corrected chi connectivity index (χ4v) is 2.68. The van der Waals surface area contributed by atoms with Crippen LogP contribution in [0.1, 0.15) is 5.56 Å². The van der Waals surface area contributed by atoms with Gasteiger partial charge >= 0.3 is 5.69 Å². The molecule has 0 fully saturated rings. The molecule has 1 N–H and O–H groups in total. The van der Waals surface area contributed by atoms with Crippen molar-refractivity contribution in [3.8, 4) is 11.3 Å². The van der Waals surface area contributed by atoms with Gasteiger partial charge in [0.1, 0.15) is 5.65 Å². The summed E-state index contributed by atoms with van der Waals surface area (Å²) in [5.41, 5.74) is 4.37. The summed E-state index contributed by atoms with van der Waals surface area (Å²) in [6.07, 6.45) is 5.39. The van der Waals surface area contributed by atoms with Crippen LogP contribution in [0.2, 0.25) is 0 Å². The van der Waals surface area contributed by atoms with Crippen molar-refractivity contribution in [3.05, 3.63) is 52.8 Å². The number of nitrogens with zero attached hydrogens (tertiary/aromatic N) is 4. The van der Waals surface area contributed by atoms with E-state index in [4.69, 9.17) is 0 Å². The second kappa shape index (κ2) is 4.05. The molecule has 0 amide bonds. The van der Waals surface area contributed by atoms with Crippen LogP contribution in [-0.2, 0) is 7.05 Å². The van der Waals surface area contributed by atoms with Crippen molar-refractivity contribution in [2.45, 2.75) is 6.92 Å². The zero-order chi connectivity index (χ0) is 14.6. The number of pyridine rings is 1. The summed E-state index contributed by atoms with van der Waals surface area (Å²) >= 11 is 0. The summed E-state index contributed by atoms with van der Waals surface area (Å²) in [6, 6.07) is 6.12. The van der Waals surface area contributed by atoms with Gasteiger partial charge in [-0.25, -0.2) is 19.4 Å². The van der Waals surface area contributed by atoms with Crippen LogP contribution in [-0.4, -0.2) is 24.1 Å². The predicted molar refractivity (Wildman–Crippen MR) is 80.3 cm³/mol. The maximum absolute atomic E-state index is 11.5. The Morgan fingerprint density at radius 1 is 1.19 bits per heavy atom. The number of aryl methyl sites for hydroxylation is 2. The molecule has 0 bridgehead atoms. The Hall–Kier alpha value is -2.89. The lowest BCUT2D eigenvalue weighted by Gasteiger charge is -2.03. The van der Waals surface area contributed by atoms with Crippen molar-refractivity contribution >= 4 is 16.6 Å². The molecule has 0 aromatic carbocycles. The third-order valence-electron chi connectivity index (χ3n) is 3.75. The topological polar surface area (TPSA) is 68.0 Å². The van der Waals surface area contributed by atoms with Gasteiger partial charge in [-0.3, -0.25) is 0 Å². The van der Waals surface area contributed by atoms with Gasteiger partial charge in [-0.2, -0.15) is 4.98 Å². The highest BCUT2D eigenvalue weighted by Gasteiger charge is 2.11. The monoisotopic (exact) mass is 279 g/mol. The van der Waals surface area contributed by atoms with Crippen molar-refractivity contribution in [1.29, 1.82) is 0 Å². The van der Waals surface area contributed by atoms with E-state index >= 15 is 0 Å². The van der Waals surface area contributed by atoms with E-state index < -0.39 is 0 Å². The normalized spacial score (nSPS) is 11.5. The summed E-state index contributed by atoms with van der Waals surface area (Å²) in [5.74, 6) is 0. The molecule has 21 heavy (non-hydrogen) atoms. The van der Waals surface area contributed by atoms with Crippen LogP contribution >= 0.6 is 0 Å². The predicted octanol–water partition coefficient (Wildman–Crippen LogP) is 1.88. The van der Waals surface area contributed by atoms with Gasteiger partial charge in [0, 0.05) is 30.4 Å². The molecule has 6 nitrogen and oxygen atoms in total. The molecular formula is C15H13N5O. The molecule has 0 saturated heterocycles. The lowest BCUT2D eigenvalue weighted by atomic mass is 10.1. The van der Waals surface area contributed by atoms with E-state index in [1.165, 1.54) is 0 Å². The molecule has 4 rings (SSSR count). The van der Waals surface area contributed by atoms with E-state index in [-0.39, 0.29) is 5.69 Å². The smallest absolute Gasteiger partial charge is 0.336 e. The summed E-state index contributed by atoms with van der Waals surface area (Å²) in [7, 11) is 1.97. The van der Waals surface area contributed by atoms with Gasteiger partial charge < -0.3 is 4.57 Å². The van der Waals surface area contributed by atoms with Crippen molar-refractivity contribution in [2.24, 2.45) is 7.05 Å². The molecule has 0 aliphatic carbocycles. The van der Waals surface area contributed by atoms with Crippen LogP contribution in [0.4, 0.5) is 0 Å². The van der Waals surface area contributed by atoms with E-state index in [1.54, 1.807) is 10.7 Å². The molecule has 0 aliphatic rings. The van der Waals surface area contributed by atoms with Gasteiger partial charge in [0.05, 0.1) is 17.4 Å².